The Labute approximate surface area is 153 Å². The molecule has 1 saturated carbocycles. The van der Waals surface area contributed by atoms with Crippen LogP contribution in [0.25, 0.3) is 11.3 Å². The van der Waals surface area contributed by atoms with Gasteiger partial charge < -0.3 is 15.2 Å². The van der Waals surface area contributed by atoms with Gasteiger partial charge in [0.1, 0.15) is 0 Å². The molecule has 0 saturated heterocycles. The van der Waals surface area contributed by atoms with Gasteiger partial charge in [-0.3, -0.25) is 0 Å². The SMILES string of the molecule is CO.CO.[Ir].[c-]1ccccc1-c1ccc(C2CCCCC2)cn1. The Kier molecular flexibility index (Phi) is 12.8. The average Bonchev–Trinajstić information content (AvgIpc) is 2.67. The molecule has 0 amide bonds. The molecule has 23 heavy (non-hydrogen) atoms. The van der Waals surface area contributed by atoms with E-state index in [2.05, 4.69) is 35.4 Å². The van der Waals surface area contributed by atoms with Gasteiger partial charge in [0.2, 0.25) is 0 Å². The molecule has 0 unspecified atom stereocenters. The summed E-state index contributed by atoms with van der Waals surface area (Å²) in [6, 6.07) is 15.6. The van der Waals surface area contributed by atoms with Crippen LogP contribution in [-0.4, -0.2) is 29.4 Å². The molecule has 1 aliphatic carbocycles. The van der Waals surface area contributed by atoms with E-state index in [0.29, 0.717) is 0 Å². The molecule has 0 atom stereocenters. The molecule has 0 bridgehead atoms. The van der Waals surface area contributed by atoms with E-state index in [0.717, 1.165) is 31.4 Å². The van der Waals surface area contributed by atoms with Crippen molar-refractivity contribution in [2.45, 2.75) is 38.0 Å². The van der Waals surface area contributed by atoms with Crippen LogP contribution in [0.5, 0.6) is 0 Å². The minimum Gasteiger partial charge on any atom is -0.400 e. The summed E-state index contributed by atoms with van der Waals surface area (Å²) in [7, 11) is 2.00. The fourth-order valence-electron chi connectivity index (χ4n) is 2.79. The second-order valence-corrected chi connectivity index (χ2v) is 5.09. The van der Waals surface area contributed by atoms with Crippen molar-refractivity contribution in [2.75, 3.05) is 14.2 Å². The Balaban J connectivity index is 0.000000901. The quantitative estimate of drug-likeness (QED) is 0.627. The van der Waals surface area contributed by atoms with Crippen LogP contribution in [0, 0.1) is 6.07 Å². The van der Waals surface area contributed by atoms with Crippen LogP contribution in [0.3, 0.4) is 0 Å². The Morgan fingerprint density at radius 3 is 2.17 bits per heavy atom. The topological polar surface area (TPSA) is 53.4 Å². The maximum Gasteiger partial charge on any atom is 0.0319 e. The number of aliphatic hydroxyl groups is 2. The van der Waals surface area contributed by atoms with Crippen molar-refractivity contribution in [3.8, 4) is 11.3 Å². The van der Waals surface area contributed by atoms with Crippen LogP contribution in [0.1, 0.15) is 43.6 Å². The summed E-state index contributed by atoms with van der Waals surface area (Å²) in [4.78, 5) is 4.59. The monoisotopic (exact) mass is 493 g/mol. The second-order valence-electron chi connectivity index (χ2n) is 5.09. The van der Waals surface area contributed by atoms with Crippen LogP contribution in [0.2, 0.25) is 0 Å². The van der Waals surface area contributed by atoms with Crippen LogP contribution < -0.4 is 0 Å². The van der Waals surface area contributed by atoms with Crippen LogP contribution in [0.15, 0.2) is 42.6 Å². The van der Waals surface area contributed by atoms with Crippen molar-refractivity contribution < 1.29 is 30.3 Å². The van der Waals surface area contributed by atoms with Gasteiger partial charge in [-0.25, -0.2) is 0 Å². The van der Waals surface area contributed by atoms with Crippen LogP contribution in [-0.2, 0) is 20.1 Å². The number of benzene rings is 1. The fraction of sp³-hybridized carbons (Fsp3) is 0.421. The molecule has 0 aliphatic heterocycles. The number of hydrogen-bond acceptors (Lipinski definition) is 3. The zero-order chi connectivity index (χ0) is 16.2. The number of pyridine rings is 1. The maximum atomic E-state index is 7.00. The molecular formula is C19H26IrNO2-. The van der Waals surface area contributed by atoms with Crippen molar-refractivity contribution in [1.82, 2.24) is 4.98 Å². The van der Waals surface area contributed by atoms with Crippen molar-refractivity contribution in [1.29, 1.82) is 0 Å². The Morgan fingerprint density at radius 1 is 0.957 bits per heavy atom. The number of aliphatic hydroxyl groups excluding tert-OH is 2. The summed E-state index contributed by atoms with van der Waals surface area (Å²) < 4.78 is 0. The van der Waals surface area contributed by atoms with Gasteiger partial charge in [-0.05, 0) is 30.0 Å². The van der Waals surface area contributed by atoms with Crippen LogP contribution in [0.4, 0.5) is 0 Å². The van der Waals surface area contributed by atoms with E-state index in [4.69, 9.17) is 10.2 Å². The van der Waals surface area contributed by atoms with E-state index >= 15 is 0 Å². The second kappa shape index (κ2) is 13.4. The third kappa shape index (κ3) is 6.92. The minimum absolute atomic E-state index is 0. The number of nitrogens with zero attached hydrogens (tertiary/aromatic N) is 1. The van der Waals surface area contributed by atoms with E-state index in [1.54, 1.807) is 0 Å². The standard InChI is InChI=1S/C17H18N.2CH4O.Ir/c1-3-7-14(8-4-1)16-11-12-17(18-13-16)15-9-5-2-6-10-15;2*1-2;/h2,5-6,9,11-14H,1,3-4,7-8H2;2*2H,1H3;/q-1;;;. The first-order valence-electron chi connectivity index (χ1n) is 7.76. The Bertz CT molecular complexity index is 497. The largest absolute Gasteiger partial charge is 0.400 e. The first kappa shape index (κ1) is 21.9. The molecule has 4 heteroatoms. The van der Waals surface area contributed by atoms with Crippen molar-refractivity contribution in [3.05, 3.63) is 54.2 Å². The molecule has 1 fully saturated rings. The minimum atomic E-state index is 0. The van der Waals surface area contributed by atoms with Gasteiger partial charge in [0.05, 0.1) is 0 Å². The summed E-state index contributed by atoms with van der Waals surface area (Å²) in [6.07, 6.45) is 8.88. The molecule has 2 N–H and O–H groups in total. The summed E-state index contributed by atoms with van der Waals surface area (Å²) in [6.45, 7) is 0. The predicted molar refractivity (Wildman–Crippen MR) is 90.6 cm³/mol. The predicted octanol–water partition coefficient (Wildman–Crippen LogP) is 3.81. The normalized spacial score (nSPS) is 13.6. The molecular weight excluding hydrogens is 466 g/mol. The Hall–Kier alpha value is -1.06. The van der Waals surface area contributed by atoms with Crippen molar-refractivity contribution >= 4 is 0 Å². The van der Waals surface area contributed by atoms with Gasteiger partial charge in [0.25, 0.3) is 0 Å². The summed E-state index contributed by atoms with van der Waals surface area (Å²) in [5, 5.41) is 14.0. The number of hydrogen-bond donors (Lipinski definition) is 2. The van der Waals surface area contributed by atoms with Gasteiger partial charge >= 0.3 is 0 Å². The van der Waals surface area contributed by atoms with E-state index < -0.39 is 0 Å². The van der Waals surface area contributed by atoms with Gasteiger partial charge in [-0.2, -0.15) is 0 Å². The first-order valence-corrected chi connectivity index (χ1v) is 7.76. The van der Waals surface area contributed by atoms with Gasteiger partial charge in [0, 0.05) is 40.5 Å². The fourth-order valence-corrected chi connectivity index (χ4v) is 2.79. The zero-order valence-electron chi connectivity index (χ0n) is 13.8. The molecule has 129 valence electrons. The third-order valence-electron chi connectivity index (χ3n) is 3.85. The first-order chi connectivity index (χ1) is 10.9. The summed E-state index contributed by atoms with van der Waals surface area (Å²) >= 11 is 0. The van der Waals surface area contributed by atoms with E-state index in [-0.39, 0.29) is 20.1 Å². The third-order valence-corrected chi connectivity index (χ3v) is 3.85. The summed E-state index contributed by atoms with van der Waals surface area (Å²) in [5.74, 6) is 0.736. The van der Waals surface area contributed by atoms with E-state index in [1.165, 1.54) is 37.7 Å². The zero-order valence-corrected chi connectivity index (χ0v) is 16.2. The Morgan fingerprint density at radius 2 is 1.65 bits per heavy atom. The average molecular weight is 493 g/mol. The number of rotatable bonds is 2. The molecule has 1 radical (unpaired) electrons. The summed E-state index contributed by atoms with van der Waals surface area (Å²) in [5.41, 5.74) is 3.51. The van der Waals surface area contributed by atoms with E-state index in [1.807, 2.05) is 18.2 Å². The molecule has 0 spiro atoms. The van der Waals surface area contributed by atoms with Gasteiger partial charge in [0.15, 0.2) is 0 Å². The maximum absolute atomic E-state index is 7.00. The molecule has 1 heterocycles. The van der Waals surface area contributed by atoms with E-state index in [9.17, 15) is 0 Å². The number of aromatic nitrogens is 1. The molecule has 3 nitrogen and oxygen atoms in total. The van der Waals surface area contributed by atoms with Gasteiger partial charge in [-0.1, -0.05) is 31.4 Å². The van der Waals surface area contributed by atoms with Crippen molar-refractivity contribution in [3.63, 3.8) is 0 Å². The smallest absolute Gasteiger partial charge is 0.0319 e. The molecule has 1 aliphatic rings. The molecule has 1 aromatic heterocycles. The molecule has 3 rings (SSSR count). The van der Waals surface area contributed by atoms with Gasteiger partial charge in [-0.15, -0.1) is 35.9 Å². The van der Waals surface area contributed by atoms with Crippen LogP contribution >= 0.6 is 0 Å². The molecule has 2 aromatic rings. The van der Waals surface area contributed by atoms with Crippen molar-refractivity contribution in [2.24, 2.45) is 0 Å². The molecule has 1 aromatic carbocycles.